The maximum absolute atomic E-state index is 13.0. The highest BCUT2D eigenvalue weighted by molar-refractivity contribution is 7.89. The first kappa shape index (κ1) is 38.4. The average Bonchev–Trinajstić information content (AvgIpc) is 2.97. The van der Waals surface area contributed by atoms with E-state index in [1.165, 1.54) is 9.80 Å². The van der Waals surface area contributed by atoms with Gasteiger partial charge >= 0.3 is 17.9 Å². The number of unbranched alkanes of at least 4 members (excludes halogenated alkanes) is 3. The summed E-state index contributed by atoms with van der Waals surface area (Å²) < 4.78 is 28.8. The summed E-state index contributed by atoms with van der Waals surface area (Å²) in [7, 11) is 0.101. The lowest BCUT2D eigenvalue weighted by molar-refractivity contribution is -0.140. The predicted molar refractivity (Wildman–Crippen MR) is 174 cm³/mol. The van der Waals surface area contributed by atoms with E-state index >= 15 is 0 Å². The van der Waals surface area contributed by atoms with Crippen molar-refractivity contribution in [2.24, 2.45) is 0 Å². The average molecular weight is 667 g/mol. The Kier molecular flexibility index (Phi) is 16.4. The number of hydrogen-bond acceptors (Lipinski definition) is 10. The predicted octanol–water partition coefficient (Wildman–Crippen LogP) is 0.308. The van der Waals surface area contributed by atoms with Gasteiger partial charge in [-0.25, -0.2) is 13.1 Å². The van der Waals surface area contributed by atoms with E-state index < -0.39 is 34.5 Å². The fourth-order valence-electron chi connectivity index (χ4n) is 4.85. The normalized spacial score (nSPS) is 11.7. The molecule has 0 spiro atoms. The molecule has 2 rings (SSSR count). The lowest BCUT2D eigenvalue weighted by atomic mass is 10.1. The number of sulfonamides is 1. The number of anilines is 1. The molecule has 256 valence electrons. The third-order valence-electron chi connectivity index (χ3n) is 7.05. The summed E-state index contributed by atoms with van der Waals surface area (Å²) in [6, 6.07) is 10.8. The van der Waals surface area contributed by atoms with Crippen LogP contribution in [-0.2, 0) is 29.2 Å². The third kappa shape index (κ3) is 14.1. The van der Waals surface area contributed by atoms with Gasteiger partial charge in [-0.15, -0.1) is 0 Å². The smallest absolute Gasteiger partial charge is 0.317 e. The number of nitrogens with zero attached hydrogens (tertiary/aromatic N) is 3. The van der Waals surface area contributed by atoms with E-state index in [1.54, 1.807) is 18.2 Å². The first-order valence-corrected chi connectivity index (χ1v) is 16.5. The van der Waals surface area contributed by atoms with Crippen molar-refractivity contribution in [3.8, 4) is 0 Å². The Morgan fingerprint density at radius 3 is 1.96 bits per heavy atom. The van der Waals surface area contributed by atoms with Crippen LogP contribution in [0.2, 0.25) is 0 Å². The number of hydrogen-bond donors (Lipinski definition) is 6. The number of fused-ring (bicyclic) bond motifs is 1. The molecule has 2 aromatic carbocycles. The maximum Gasteiger partial charge on any atom is 0.317 e. The monoisotopic (exact) mass is 666 g/mol. The van der Waals surface area contributed by atoms with Gasteiger partial charge in [0.2, 0.25) is 15.9 Å². The summed E-state index contributed by atoms with van der Waals surface area (Å²) in [5, 5.41) is 34.1. The van der Waals surface area contributed by atoms with Crippen LogP contribution in [0.4, 0.5) is 5.69 Å². The molecule has 46 heavy (non-hydrogen) atoms. The fraction of sp³-hybridized carbons (Fsp3) is 0.533. The van der Waals surface area contributed by atoms with Crippen LogP contribution in [-0.4, -0.2) is 137 Å². The third-order valence-corrected chi connectivity index (χ3v) is 8.57. The second-order valence-electron chi connectivity index (χ2n) is 11.0. The zero-order valence-electron chi connectivity index (χ0n) is 26.4. The van der Waals surface area contributed by atoms with Crippen LogP contribution >= 0.6 is 0 Å². The van der Waals surface area contributed by atoms with E-state index in [9.17, 15) is 32.7 Å². The van der Waals surface area contributed by atoms with Crippen LogP contribution in [0.3, 0.4) is 0 Å². The van der Waals surface area contributed by atoms with Crippen molar-refractivity contribution < 1.29 is 42.9 Å². The minimum atomic E-state index is -3.71. The number of benzene rings is 2. The molecule has 6 N–H and O–H groups in total. The van der Waals surface area contributed by atoms with Crippen molar-refractivity contribution in [3.05, 3.63) is 36.4 Å². The van der Waals surface area contributed by atoms with Gasteiger partial charge in [0, 0.05) is 69.8 Å². The molecule has 0 heterocycles. The van der Waals surface area contributed by atoms with E-state index in [0.717, 1.165) is 23.9 Å². The van der Waals surface area contributed by atoms with Gasteiger partial charge in [-0.05, 0) is 25.0 Å². The standard InChI is InChI=1S/C30H46N6O9S/c1-34(2)25-11-7-10-24-23(25)9-8-12-26(24)46(44,45)33-14-6-4-3-5-13-32-27(37)20-36(22-30(42)43)18-17-35(21-29(40)41)16-15-31-19-28(38)39/h7-12,31,33H,3-6,13-22H2,1-2H3,(H,32,37)(H,38,39)(H,40,41)(H,42,43). The summed E-state index contributed by atoms with van der Waals surface area (Å²) in [5.74, 6) is -3.62. The number of carboxylic acid groups (broad SMARTS) is 3. The van der Waals surface area contributed by atoms with Crippen LogP contribution in [0, 0.1) is 0 Å². The molecule has 0 bridgehead atoms. The number of rotatable bonds is 24. The Morgan fingerprint density at radius 2 is 1.30 bits per heavy atom. The maximum atomic E-state index is 13.0. The van der Waals surface area contributed by atoms with Crippen molar-refractivity contribution in [2.45, 2.75) is 30.6 Å². The van der Waals surface area contributed by atoms with Crippen LogP contribution in [0.15, 0.2) is 41.3 Å². The fourth-order valence-corrected chi connectivity index (χ4v) is 6.14. The molecule has 1 amide bonds. The first-order valence-electron chi connectivity index (χ1n) is 15.1. The quantitative estimate of drug-likeness (QED) is 0.0835. The topological polar surface area (TPSA) is 209 Å². The zero-order chi connectivity index (χ0) is 34.1. The van der Waals surface area contributed by atoms with E-state index in [2.05, 4.69) is 15.4 Å². The van der Waals surface area contributed by atoms with Gasteiger partial charge in [0.1, 0.15) is 0 Å². The second-order valence-corrected chi connectivity index (χ2v) is 12.8. The van der Waals surface area contributed by atoms with Crippen molar-refractivity contribution in [3.63, 3.8) is 0 Å². The summed E-state index contributed by atoms with van der Waals surface area (Å²) in [6.45, 7) is 0.224. The second kappa shape index (κ2) is 19.6. The van der Waals surface area contributed by atoms with Crippen LogP contribution in [0.1, 0.15) is 25.7 Å². The number of nitrogens with one attached hydrogen (secondary N) is 3. The van der Waals surface area contributed by atoms with Crippen molar-refractivity contribution in [2.75, 3.05) is 84.4 Å². The largest absolute Gasteiger partial charge is 0.480 e. The van der Waals surface area contributed by atoms with E-state index in [4.69, 9.17) is 10.2 Å². The van der Waals surface area contributed by atoms with Gasteiger partial charge in [0.15, 0.2) is 0 Å². The van der Waals surface area contributed by atoms with Crippen molar-refractivity contribution in [1.29, 1.82) is 0 Å². The molecule has 0 radical (unpaired) electrons. The Hall–Kier alpha value is -3.83. The minimum Gasteiger partial charge on any atom is -0.480 e. The minimum absolute atomic E-state index is 0.122. The number of carbonyl (C=O) groups excluding carboxylic acids is 1. The van der Waals surface area contributed by atoms with Gasteiger partial charge in [-0.3, -0.25) is 29.0 Å². The molecular weight excluding hydrogens is 620 g/mol. The highest BCUT2D eigenvalue weighted by atomic mass is 32.2. The van der Waals surface area contributed by atoms with E-state index in [-0.39, 0.29) is 63.2 Å². The molecule has 0 fully saturated rings. The highest BCUT2D eigenvalue weighted by Gasteiger charge is 2.19. The van der Waals surface area contributed by atoms with Crippen LogP contribution < -0.4 is 20.3 Å². The van der Waals surface area contributed by atoms with Crippen LogP contribution in [0.25, 0.3) is 10.8 Å². The molecule has 0 saturated carbocycles. The Balaban J connectivity index is 1.73. The summed E-state index contributed by atoms with van der Waals surface area (Å²) in [4.78, 5) is 50.7. The van der Waals surface area contributed by atoms with Gasteiger partial charge in [0.25, 0.3) is 0 Å². The summed E-state index contributed by atoms with van der Waals surface area (Å²) >= 11 is 0. The Labute approximate surface area is 269 Å². The number of carboxylic acids is 3. The number of aliphatic carboxylic acids is 3. The zero-order valence-corrected chi connectivity index (χ0v) is 27.2. The molecule has 15 nitrogen and oxygen atoms in total. The molecule has 0 aliphatic carbocycles. The van der Waals surface area contributed by atoms with E-state index in [1.807, 2.05) is 37.2 Å². The molecular formula is C30H46N6O9S. The molecule has 0 atom stereocenters. The van der Waals surface area contributed by atoms with Gasteiger partial charge in [0.05, 0.1) is 31.1 Å². The lowest BCUT2D eigenvalue weighted by Gasteiger charge is -2.25. The number of amides is 1. The first-order chi connectivity index (χ1) is 21.8. The summed E-state index contributed by atoms with van der Waals surface area (Å²) in [6.07, 6.45) is 2.77. The molecule has 0 saturated heterocycles. The Bertz CT molecular complexity index is 1420. The lowest BCUT2D eigenvalue weighted by Crippen LogP contribution is -2.45. The molecule has 16 heteroatoms. The van der Waals surface area contributed by atoms with Gasteiger partial charge < -0.3 is 30.9 Å². The van der Waals surface area contributed by atoms with Crippen molar-refractivity contribution >= 4 is 50.3 Å². The number of carbonyl (C=O) groups is 4. The Morgan fingerprint density at radius 1 is 0.696 bits per heavy atom. The van der Waals surface area contributed by atoms with Crippen molar-refractivity contribution in [1.82, 2.24) is 25.2 Å². The molecule has 0 aliphatic heterocycles. The highest BCUT2D eigenvalue weighted by Crippen LogP contribution is 2.30. The molecule has 0 aromatic heterocycles. The van der Waals surface area contributed by atoms with Gasteiger partial charge in [-0.1, -0.05) is 37.1 Å². The van der Waals surface area contributed by atoms with Crippen LogP contribution in [0.5, 0.6) is 0 Å². The van der Waals surface area contributed by atoms with E-state index in [0.29, 0.717) is 24.8 Å². The van der Waals surface area contributed by atoms with Gasteiger partial charge in [-0.2, -0.15) is 0 Å². The molecule has 0 unspecified atom stereocenters. The molecule has 2 aromatic rings. The summed E-state index contributed by atoms with van der Waals surface area (Å²) in [5.41, 5.74) is 0.929. The molecule has 0 aliphatic rings. The SMILES string of the molecule is CN(C)c1cccc2c(S(=O)(=O)NCCCCCCNC(=O)CN(CCN(CCNCC(=O)O)CC(=O)O)CC(=O)O)cccc12.